The summed E-state index contributed by atoms with van der Waals surface area (Å²) in [4.78, 5) is 13.6. The molecule has 0 bridgehead atoms. The van der Waals surface area contributed by atoms with Crippen LogP contribution in [0.5, 0.6) is 0 Å². The molecule has 2 rings (SSSR count). The topological polar surface area (TPSA) is 80.5 Å². The molecule has 1 aliphatic rings. The lowest BCUT2D eigenvalue weighted by molar-refractivity contribution is -0.129. The van der Waals surface area contributed by atoms with Gasteiger partial charge in [-0.2, -0.15) is 0 Å². The van der Waals surface area contributed by atoms with E-state index in [1.807, 2.05) is 0 Å². The van der Waals surface area contributed by atoms with Crippen molar-refractivity contribution in [1.29, 1.82) is 0 Å². The van der Waals surface area contributed by atoms with Crippen LogP contribution in [0.2, 0.25) is 0 Å². The highest BCUT2D eigenvalue weighted by Gasteiger charge is 2.35. The molecule has 1 fully saturated rings. The molecule has 1 aromatic rings. The molecule has 7 heteroatoms. The van der Waals surface area contributed by atoms with Gasteiger partial charge in [-0.3, -0.25) is 4.79 Å². The van der Waals surface area contributed by atoms with Gasteiger partial charge in [0, 0.05) is 19.1 Å². The number of likely N-dealkylation sites (tertiary alicyclic amines) is 1. The number of benzene rings is 1. The van der Waals surface area contributed by atoms with E-state index in [4.69, 9.17) is 5.73 Å². The minimum atomic E-state index is -3.81. The molecule has 1 saturated heterocycles. The predicted octanol–water partition coefficient (Wildman–Crippen LogP) is 0.547. The molecule has 0 aliphatic carbocycles. The maximum atomic E-state index is 12.8. The Bertz CT molecular complexity index is 601. The third-order valence-electron chi connectivity index (χ3n) is 3.49. The van der Waals surface area contributed by atoms with Gasteiger partial charge in [-0.05, 0) is 37.6 Å². The summed E-state index contributed by atoms with van der Waals surface area (Å²) in [5, 5.41) is -1.20. The summed E-state index contributed by atoms with van der Waals surface area (Å²) in [6.45, 7) is 2.20. The zero-order chi connectivity index (χ0) is 14.9. The number of carbonyl (C=O) groups excluding carboxylic acids is 1. The predicted molar refractivity (Wildman–Crippen MR) is 72.2 cm³/mol. The van der Waals surface area contributed by atoms with E-state index in [0.717, 1.165) is 12.1 Å². The second-order valence-electron chi connectivity index (χ2n) is 4.97. The third kappa shape index (κ3) is 2.83. The van der Waals surface area contributed by atoms with Crippen LogP contribution in [-0.2, 0) is 14.6 Å². The zero-order valence-corrected chi connectivity index (χ0v) is 11.9. The number of nitrogens with zero attached hydrogens (tertiary/aromatic N) is 1. The van der Waals surface area contributed by atoms with E-state index in [9.17, 15) is 17.6 Å². The normalized spacial score (nSPS) is 20.9. The van der Waals surface area contributed by atoms with Crippen molar-refractivity contribution in [2.45, 2.75) is 29.5 Å². The number of amides is 1. The van der Waals surface area contributed by atoms with Gasteiger partial charge < -0.3 is 10.6 Å². The maximum Gasteiger partial charge on any atom is 0.241 e. The zero-order valence-electron chi connectivity index (χ0n) is 11.1. The summed E-state index contributed by atoms with van der Waals surface area (Å²) in [5.41, 5.74) is 5.71. The van der Waals surface area contributed by atoms with Crippen LogP contribution in [0.25, 0.3) is 0 Å². The average molecular weight is 300 g/mol. The molecule has 2 atom stereocenters. The van der Waals surface area contributed by atoms with Crippen LogP contribution >= 0.6 is 0 Å². The molecule has 1 aromatic carbocycles. The van der Waals surface area contributed by atoms with E-state index in [0.29, 0.717) is 19.5 Å². The summed E-state index contributed by atoms with van der Waals surface area (Å²) in [7, 11) is -3.81. The molecule has 1 heterocycles. The first-order valence-corrected chi connectivity index (χ1v) is 7.91. The number of carbonyl (C=O) groups is 1. The highest BCUT2D eigenvalue weighted by Crippen LogP contribution is 2.20. The molecule has 1 aliphatic heterocycles. The average Bonchev–Trinajstić information content (AvgIpc) is 2.84. The smallest absolute Gasteiger partial charge is 0.241 e. The van der Waals surface area contributed by atoms with Gasteiger partial charge in [0.2, 0.25) is 5.91 Å². The number of nitrogens with two attached hydrogens (primary N) is 1. The van der Waals surface area contributed by atoms with Crippen molar-refractivity contribution in [3.05, 3.63) is 30.1 Å². The Morgan fingerprint density at radius 2 is 2.00 bits per heavy atom. The summed E-state index contributed by atoms with van der Waals surface area (Å²) in [5.74, 6) is -0.976. The fourth-order valence-corrected chi connectivity index (χ4v) is 3.54. The summed E-state index contributed by atoms with van der Waals surface area (Å²) < 4.78 is 37.5. The van der Waals surface area contributed by atoms with Gasteiger partial charge in [0.15, 0.2) is 9.84 Å². The summed E-state index contributed by atoms with van der Waals surface area (Å²) in [6, 6.07) is 4.37. The Hall–Kier alpha value is -1.47. The molecule has 0 spiro atoms. The number of hydrogen-bond donors (Lipinski definition) is 1. The Kier molecular flexibility index (Phi) is 4.10. The van der Waals surface area contributed by atoms with Crippen molar-refractivity contribution in [2.75, 3.05) is 13.1 Å². The first-order valence-electron chi connectivity index (χ1n) is 6.36. The van der Waals surface area contributed by atoms with Crippen LogP contribution in [0.4, 0.5) is 4.39 Å². The van der Waals surface area contributed by atoms with Gasteiger partial charge in [-0.25, -0.2) is 12.8 Å². The van der Waals surface area contributed by atoms with Crippen LogP contribution in [0.15, 0.2) is 29.2 Å². The van der Waals surface area contributed by atoms with Crippen LogP contribution in [0.1, 0.15) is 13.3 Å². The fraction of sp³-hybridized carbons (Fsp3) is 0.462. The molecule has 2 unspecified atom stereocenters. The van der Waals surface area contributed by atoms with Crippen molar-refractivity contribution in [2.24, 2.45) is 5.73 Å². The standard InChI is InChI=1S/C13H17FN2O3S/c1-9(13(17)16-7-6-11(15)8-16)20(18,19)12-4-2-10(14)3-5-12/h2-5,9,11H,6-8,15H2,1H3. The van der Waals surface area contributed by atoms with Crippen molar-refractivity contribution in [3.8, 4) is 0 Å². The van der Waals surface area contributed by atoms with Crippen molar-refractivity contribution in [3.63, 3.8) is 0 Å². The molecular formula is C13H17FN2O3S. The van der Waals surface area contributed by atoms with Crippen LogP contribution in [0, 0.1) is 5.82 Å². The quantitative estimate of drug-likeness (QED) is 0.827. The molecule has 5 nitrogen and oxygen atoms in total. The van der Waals surface area contributed by atoms with Crippen LogP contribution in [-0.4, -0.2) is 43.6 Å². The lowest BCUT2D eigenvalue weighted by Crippen LogP contribution is -2.41. The Balaban J connectivity index is 2.20. The number of rotatable bonds is 3. The second kappa shape index (κ2) is 5.49. The molecular weight excluding hydrogens is 283 g/mol. The highest BCUT2D eigenvalue weighted by molar-refractivity contribution is 7.92. The first kappa shape index (κ1) is 14.9. The monoisotopic (exact) mass is 300 g/mol. The van der Waals surface area contributed by atoms with E-state index in [2.05, 4.69) is 0 Å². The third-order valence-corrected chi connectivity index (χ3v) is 5.55. The summed E-state index contributed by atoms with van der Waals surface area (Å²) in [6.07, 6.45) is 0.676. The lowest BCUT2D eigenvalue weighted by Gasteiger charge is -2.20. The maximum absolute atomic E-state index is 12.8. The van der Waals surface area contributed by atoms with E-state index in [-0.39, 0.29) is 10.9 Å². The fourth-order valence-electron chi connectivity index (χ4n) is 2.21. The minimum Gasteiger partial charge on any atom is -0.340 e. The SMILES string of the molecule is CC(C(=O)N1CCC(N)C1)S(=O)(=O)c1ccc(F)cc1. The van der Waals surface area contributed by atoms with Crippen molar-refractivity contribution in [1.82, 2.24) is 4.90 Å². The summed E-state index contributed by atoms with van der Waals surface area (Å²) >= 11 is 0. The number of sulfone groups is 1. The van der Waals surface area contributed by atoms with Gasteiger partial charge in [-0.15, -0.1) is 0 Å². The molecule has 0 saturated carbocycles. The van der Waals surface area contributed by atoms with Gasteiger partial charge in [0.1, 0.15) is 11.1 Å². The van der Waals surface area contributed by atoms with Gasteiger partial charge >= 0.3 is 0 Å². The van der Waals surface area contributed by atoms with Gasteiger partial charge in [0.05, 0.1) is 4.90 Å². The van der Waals surface area contributed by atoms with Crippen molar-refractivity contribution < 1.29 is 17.6 Å². The van der Waals surface area contributed by atoms with E-state index < -0.39 is 26.8 Å². The van der Waals surface area contributed by atoms with Crippen molar-refractivity contribution >= 4 is 15.7 Å². The first-order chi connectivity index (χ1) is 9.32. The number of halogens is 1. The molecule has 2 N–H and O–H groups in total. The molecule has 110 valence electrons. The van der Waals surface area contributed by atoms with Gasteiger partial charge in [-0.1, -0.05) is 0 Å². The van der Waals surface area contributed by atoms with E-state index in [1.54, 1.807) is 0 Å². The molecule has 1 amide bonds. The minimum absolute atomic E-state index is 0.0526. The number of hydrogen-bond acceptors (Lipinski definition) is 4. The van der Waals surface area contributed by atoms with Crippen LogP contribution < -0.4 is 5.73 Å². The Morgan fingerprint density at radius 1 is 1.40 bits per heavy atom. The molecule has 0 aromatic heterocycles. The second-order valence-corrected chi connectivity index (χ2v) is 7.24. The van der Waals surface area contributed by atoms with E-state index >= 15 is 0 Å². The van der Waals surface area contributed by atoms with Crippen LogP contribution in [0.3, 0.4) is 0 Å². The Morgan fingerprint density at radius 3 is 2.50 bits per heavy atom. The Labute approximate surface area is 117 Å². The van der Waals surface area contributed by atoms with E-state index in [1.165, 1.54) is 24.0 Å². The molecule has 0 radical (unpaired) electrons. The lowest BCUT2D eigenvalue weighted by atomic mass is 10.3. The van der Waals surface area contributed by atoms with Gasteiger partial charge in [0.25, 0.3) is 0 Å². The molecule has 20 heavy (non-hydrogen) atoms. The highest BCUT2D eigenvalue weighted by atomic mass is 32.2. The largest absolute Gasteiger partial charge is 0.340 e.